The van der Waals surface area contributed by atoms with Crippen LogP contribution in [0.3, 0.4) is 0 Å². The van der Waals surface area contributed by atoms with E-state index in [-0.39, 0.29) is 0 Å². The molecule has 0 radical (unpaired) electrons. The molecule has 0 atom stereocenters. The molecule has 22 heavy (non-hydrogen) atoms. The fourth-order valence-corrected chi connectivity index (χ4v) is 2.92. The predicted octanol–water partition coefficient (Wildman–Crippen LogP) is 6.99. The summed E-state index contributed by atoms with van der Waals surface area (Å²) in [7, 11) is 0. The molecule has 0 aromatic heterocycles. The Morgan fingerprint density at radius 3 is 1.59 bits per heavy atom. The average molecular weight is 417 g/mol. The summed E-state index contributed by atoms with van der Waals surface area (Å²) in [6, 6.07) is 25.3. The van der Waals surface area contributed by atoms with Crippen LogP contribution in [0.1, 0.15) is 5.56 Å². The molecule has 0 saturated heterocycles. The third kappa shape index (κ3) is 3.42. The first-order chi connectivity index (χ1) is 10.6. The number of hydrogen-bond acceptors (Lipinski definition) is 1. The molecule has 3 aromatic rings. The highest BCUT2D eigenvalue weighted by Crippen LogP contribution is 2.35. The third-order valence-electron chi connectivity index (χ3n) is 3.43. The van der Waals surface area contributed by atoms with E-state index < -0.39 is 0 Å². The molecule has 0 aliphatic rings. The summed E-state index contributed by atoms with van der Waals surface area (Å²) in [5.74, 6) is 0. The Bertz CT molecular complexity index is 719. The Hall–Kier alpha value is -1.58. The van der Waals surface area contributed by atoms with E-state index in [1.54, 1.807) is 0 Å². The number of hydrogen-bond donors (Lipinski definition) is 0. The van der Waals surface area contributed by atoms with E-state index in [0.29, 0.717) is 0 Å². The van der Waals surface area contributed by atoms with Gasteiger partial charge in [-0.1, -0.05) is 44.0 Å². The van der Waals surface area contributed by atoms with Gasteiger partial charge in [-0.25, -0.2) is 0 Å². The molecule has 0 aliphatic carbocycles. The first kappa shape index (κ1) is 15.3. The summed E-state index contributed by atoms with van der Waals surface area (Å²) < 4.78 is 2.16. The Balaban J connectivity index is 2.13. The Labute approximate surface area is 147 Å². The lowest BCUT2D eigenvalue weighted by atomic mass is 10.1. The van der Waals surface area contributed by atoms with Crippen LogP contribution in [-0.2, 0) is 0 Å². The Morgan fingerprint density at radius 1 is 0.636 bits per heavy atom. The van der Waals surface area contributed by atoms with Crippen molar-refractivity contribution in [3.63, 3.8) is 0 Å². The van der Waals surface area contributed by atoms with Crippen LogP contribution in [0.4, 0.5) is 17.1 Å². The number of aryl methyl sites for hydroxylation is 1. The maximum atomic E-state index is 3.50. The van der Waals surface area contributed by atoms with E-state index in [1.807, 2.05) is 0 Å². The molecule has 0 amide bonds. The maximum absolute atomic E-state index is 3.50. The summed E-state index contributed by atoms with van der Waals surface area (Å²) >= 11 is 7.01. The molecule has 0 fully saturated rings. The van der Waals surface area contributed by atoms with Gasteiger partial charge >= 0.3 is 0 Å². The SMILES string of the molecule is Cc1cccc(N(c2ccc(Br)cc2)c2ccc(Br)cc2)c1. The molecule has 0 heterocycles. The monoisotopic (exact) mass is 415 g/mol. The summed E-state index contributed by atoms with van der Waals surface area (Å²) in [6.07, 6.45) is 0. The van der Waals surface area contributed by atoms with Gasteiger partial charge in [0, 0.05) is 26.0 Å². The van der Waals surface area contributed by atoms with E-state index >= 15 is 0 Å². The molecule has 3 aromatic carbocycles. The Kier molecular flexibility index (Phi) is 4.65. The first-order valence-electron chi connectivity index (χ1n) is 7.01. The zero-order chi connectivity index (χ0) is 15.5. The van der Waals surface area contributed by atoms with Crippen molar-refractivity contribution in [2.75, 3.05) is 4.90 Å². The number of nitrogens with zero attached hydrogens (tertiary/aromatic N) is 1. The summed E-state index contributed by atoms with van der Waals surface area (Å²) in [5.41, 5.74) is 4.67. The maximum Gasteiger partial charge on any atom is 0.0464 e. The lowest BCUT2D eigenvalue weighted by Crippen LogP contribution is -2.09. The van der Waals surface area contributed by atoms with E-state index in [2.05, 4.69) is 116 Å². The van der Waals surface area contributed by atoms with Crippen LogP contribution in [0.25, 0.3) is 0 Å². The molecule has 0 aliphatic heterocycles. The minimum atomic E-state index is 1.08. The van der Waals surface area contributed by atoms with Crippen molar-refractivity contribution in [1.82, 2.24) is 0 Å². The molecule has 0 saturated carbocycles. The van der Waals surface area contributed by atoms with E-state index in [0.717, 1.165) is 26.0 Å². The smallest absolute Gasteiger partial charge is 0.0464 e. The fraction of sp³-hybridized carbons (Fsp3) is 0.0526. The highest BCUT2D eigenvalue weighted by atomic mass is 79.9. The van der Waals surface area contributed by atoms with Crippen molar-refractivity contribution in [1.29, 1.82) is 0 Å². The molecule has 0 bridgehead atoms. The standard InChI is InChI=1S/C19H15Br2N/c1-14-3-2-4-19(13-14)22(17-9-5-15(20)6-10-17)18-11-7-16(21)8-12-18/h2-13H,1H3. The van der Waals surface area contributed by atoms with Crippen LogP contribution in [0.2, 0.25) is 0 Å². The lowest BCUT2D eigenvalue weighted by Gasteiger charge is -2.25. The highest BCUT2D eigenvalue weighted by molar-refractivity contribution is 9.10. The number of halogens is 2. The van der Waals surface area contributed by atoms with Gasteiger partial charge in [-0.3, -0.25) is 0 Å². The van der Waals surface area contributed by atoms with Crippen molar-refractivity contribution in [3.8, 4) is 0 Å². The van der Waals surface area contributed by atoms with E-state index in [1.165, 1.54) is 5.56 Å². The van der Waals surface area contributed by atoms with Crippen molar-refractivity contribution >= 4 is 48.9 Å². The van der Waals surface area contributed by atoms with Gasteiger partial charge in [0.1, 0.15) is 0 Å². The molecule has 1 nitrogen and oxygen atoms in total. The van der Waals surface area contributed by atoms with Crippen LogP contribution >= 0.6 is 31.9 Å². The van der Waals surface area contributed by atoms with Gasteiger partial charge in [0.25, 0.3) is 0 Å². The van der Waals surface area contributed by atoms with E-state index in [9.17, 15) is 0 Å². The van der Waals surface area contributed by atoms with Gasteiger partial charge < -0.3 is 4.90 Å². The summed E-state index contributed by atoms with van der Waals surface area (Å²) in [5, 5.41) is 0. The normalized spacial score (nSPS) is 10.5. The van der Waals surface area contributed by atoms with Crippen LogP contribution in [0, 0.1) is 6.92 Å². The van der Waals surface area contributed by atoms with Crippen LogP contribution in [0.15, 0.2) is 81.7 Å². The minimum Gasteiger partial charge on any atom is -0.310 e. The quantitative estimate of drug-likeness (QED) is 0.444. The number of benzene rings is 3. The zero-order valence-electron chi connectivity index (χ0n) is 12.1. The van der Waals surface area contributed by atoms with Crippen LogP contribution < -0.4 is 4.90 Å². The average Bonchev–Trinajstić information content (AvgIpc) is 2.51. The first-order valence-corrected chi connectivity index (χ1v) is 8.60. The third-order valence-corrected chi connectivity index (χ3v) is 4.49. The summed E-state index contributed by atoms with van der Waals surface area (Å²) in [4.78, 5) is 2.26. The largest absolute Gasteiger partial charge is 0.310 e. The zero-order valence-corrected chi connectivity index (χ0v) is 15.3. The van der Waals surface area contributed by atoms with Gasteiger partial charge in [0.2, 0.25) is 0 Å². The topological polar surface area (TPSA) is 3.24 Å². The van der Waals surface area contributed by atoms with Crippen molar-refractivity contribution < 1.29 is 0 Å². The predicted molar refractivity (Wildman–Crippen MR) is 101 cm³/mol. The van der Waals surface area contributed by atoms with E-state index in [4.69, 9.17) is 0 Å². The molecule has 3 heteroatoms. The lowest BCUT2D eigenvalue weighted by molar-refractivity contribution is 1.27. The molecule has 0 unspecified atom stereocenters. The second-order valence-electron chi connectivity index (χ2n) is 5.13. The second-order valence-corrected chi connectivity index (χ2v) is 6.96. The van der Waals surface area contributed by atoms with Crippen LogP contribution in [-0.4, -0.2) is 0 Å². The highest BCUT2D eigenvalue weighted by Gasteiger charge is 2.12. The molecule has 0 N–H and O–H groups in total. The molecule has 0 spiro atoms. The Morgan fingerprint density at radius 2 is 1.14 bits per heavy atom. The number of rotatable bonds is 3. The van der Waals surface area contributed by atoms with Crippen molar-refractivity contribution in [2.24, 2.45) is 0 Å². The fourth-order valence-electron chi connectivity index (χ4n) is 2.39. The van der Waals surface area contributed by atoms with Gasteiger partial charge in [0.05, 0.1) is 0 Å². The van der Waals surface area contributed by atoms with Crippen LogP contribution in [0.5, 0.6) is 0 Å². The van der Waals surface area contributed by atoms with Gasteiger partial charge in [-0.2, -0.15) is 0 Å². The molecular weight excluding hydrogens is 402 g/mol. The number of anilines is 3. The van der Waals surface area contributed by atoms with Gasteiger partial charge in [-0.05, 0) is 73.2 Å². The molecule has 3 rings (SSSR count). The van der Waals surface area contributed by atoms with Gasteiger partial charge in [0.15, 0.2) is 0 Å². The minimum absolute atomic E-state index is 1.08. The summed E-state index contributed by atoms with van der Waals surface area (Å²) in [6.45, 7) is 2.12. The van der Waals surface area contributed by atoms with Crippen molar-refractivity contribution in [3.05, 3.63) is 87.3 Å². The molecular formula is C19H15Br2N. The van der Waals surface area contributed by atoms with Crippen molar-refractivity contribution in [2.45, 2.75) is 6.92 Å². The molecule has 110 valence electrons. The second kappa shape index (κ2) is 6.67. The van der Waals surface area contributed by atoms with Gasteiger partial charge in [-0.15, -0.1) is 0 Å².